The van der Waals surface area contributed by atoms with Crippen molar-refractivity contribution >= 4 is 17.6 Å². The van der Waals surface area contributed by atoms with Gasteiger partial charge in [0.25, 0.3) is 0 Å². The molecule has 0 saturated carbocycles. The molecule has 1 aliphatic carbocycles. The summed E-state index contributed by atoms with van der Waals surface area (Å²) in [6, 6.07) is 12.4. The van der Waals surface area contributed by atoms with Gasteiger partial charge in [-0.05, 0) is 23.3 Å². The molecule has 0 spiro atoms. The van der Waals surface area contributed by atoms with E-state index in [0.717, 1.165) is 11.1 Å². The first-order valence-electron chi connectivity index (χ1n) is 5.45. The summed E-state index contributed by atoms with van der Waals surface area (Å²) in [5.74, 6) is -0.0605. The van der Waals surface area contributed by atoms with Gasteiger partial charge in [-0.15, -0.1) is 0 Å². The van der Waals surface area contributed by atoms with E-state index >= 15 is 0 Å². The van der Waals surface area contributed by atoms with E-state index in [1.807, 2.05) is 18.2 Å². The predicted octanol–water partition coefficient (Wildman–Crippen LogP) is 2.99. The second-order valence-electron chi connectivity index (χ2n) is 4.07. The van der Waals surface area contributed by atoms with E-state index in [2.05, 4.69) is 5.32 Å². The Bertz CT molecular complexity index is 676. The lowest BCUT2D eigenvalue weighted by molar-refractivity contribution is 0.104. The first-order chi connectivity index (χ1) is 8.66. The van der Waals surface area contributed by atoms with Gasteiger partial charge in [0.1, 0.15) is 0 Å². The van der Waals surface area contributed by atoms with Crippen LogP contribution in [0.25, 0.3) is 11.1 Å². The van der Waals surface area contributed by atoms with Crippen molar-refractivity contribution in [1.82, 2.24) is 0 Å². The summed E-state index contributed by atoms with van der Waals surface area (Å²) in [7, 11) is 0. The standard InChI is InChI=1S/C14H9NO3/c16-13-11-4-2-1-3-9(11)10-6-5-8(7-12(10)13)15-14(17)18/h1-7,15H,(H,17,18). The normalized spacial score (nSPS) is 11.9. The van der Waals surface area contributed by atoms with Gasteiger partial charge in [-0.25, -0.2) is 4.79 Å². The summed E-state index contributed by atoms with van der Waals surface area (Å²) >= 11 is 0. The van der Waals surface area contributed by atoms with Crippen molar-refractivity contribution in [2.24, 2.45) is 0 Å². The molecule has 2 N–H and O–H groups in total. The number of rotatable bonds is 1. The number of carboxylic acid groups (broad SMARTS) is 1. The highest BCUT2D eigenvalue weighted by Gasteiger charge is 2.26. The van der Waals surface area contributed by atoms with Crippen molar-refractivity contribution in [2.75, 3.05) is 5.32 Å². The summed E-state index contributed by atoms with van der Waals surface area (Å²) in [6.45, 7) is 0. The van der Waals surface area contributed by atoms with Crippen LogP contribution in [0.3, 0.4) is 0 Å². The quantitative estimate of drug-likeness (QED) is 0.686. The van der Waals surface area contributed by atoms with Crippen molar-refractivity contribution in [1.29, 1.82) is 0 Å². The third-order valence-corrected chi connectivity index (χ3v) is 2.98. The highest BCUT2D eigenvalue weighted by atomic mass is 16.4. The van der Waals surface area contributed by atoms with Gasteiger partial charge in [0.15, 0.2) is 5.78 Å². The minimum Gasteiger partial charge on any atom is -0.465 e. The number of carbonyl (C=O) groups excluding carboxylic acids is 1. The van der Waals surface area contributed by atoms with E-state index in [9.17, 15) is 9.59 Å². The zero-order chi connectivity index (χ0) is 12.7. The van der Waals surface area contributed by atoms with Crippen LogP contribution in [0.5, 0.6) is 0 Å². The monoisotopic (exact) mass is 239 g/mol. The van der Waals surface area contributed by atoms with Crippen LogP contribution in [0.1, 0.15) is 15.9 Å². The van der Waals surface area contributed by atoms with Crippen molar-refractivity contribution in [3.63, 3.8) is 0 Å². The van der Waals surface area contributed by atoms with Gasteiger partial charge in [-0.3, -0.25) is 10.1 Å². The number of benzene rings is 2. The summed E-state index contributed by atoms with van der Waals surface area (Å²) in [6.07, 6.45) is -1.14. The average molecular weight is 239 g/mol. The fourth-order valence-corrected chi connectivity index (χ4v) is 2.23. The minimum absolute atomic E-state index is 0.0605. The SMILES string of the molecule is O=C(O)Nc1ccc2c(c1)C(=O)c1ccccc1-2. The summed E-state index contributed by atoms with van der Waals surface area (Å²) in [5.41, 5.74) is 3.37. The van der Waals surface area contributed by atoms with E-state index in [1.54, 1.807) is 24.3 Å². The molecule has 0 saturated heterocycles. The number of carbonyl (C=O) groups is 2. The van der Waals surface area contributed by atoms with Gasteiger partial charge < -0.3 is 5.11 Å². The Morgan fingerprint density at radius 1 is 0.944 bits per heavy atom. The first-order valence-corrected chi connectivity index (χ1v) is 5.45. The number of anilines is 1. The van der Waals surface area contributed by atoms with Crippen LogP contribution < -0.4 is 5.32 Å². The van der Waals surface area contributed by atoms with Crippen molar-refractivity contribution < 1.29 is 14.7 Å². The fourth-order valence-electron chi connectivity index (χ4n) is 2.23. The Balaban J connectivity index is 2.14. The summed E-state index contributed by atoms with van der Waals surface area (Å²) in [5, 5.41) is 10.9. The number of ketones is 1. The zero-order valence-electron chi connectivity index (χ0n) is 9.31. The fraction of sp³-hybridized carbons (Fsp3) is 0. The lowest BCUT2D eigenvalue weighted by Crippen LogP contribution is -2.07. The third-order valence-electron chi connectivity index (χ3n) is 2.98. The molecule has 0 fully saturated rings. The molecule has 18 heavy (non-hydrogen) atoms. The molecule has 0 heterocycles. The van der Waals surface area contributed by atoms with Crippen LogP contribution in [0, 0.1) is 0 Å². The van der Waals surface area contributed by atoms with Crippen molar-refractivity contribution in [3.8, 4) is 11.1 Å². The highest BCUT2D eigenvalue weighted by molar-refractivity contribution is 6.22. The van der Waals surface area contributed by atoms with E-state index < -0.39 is 6.09 Å². The summed E-state index contributed by atoms with van der Waals surface area (Å²) < 4.78 is 0. The van der Waals surface area contributed by atoms with Crippen LogP contribution in [-0.4, -0.2) is 17.0 Å². The maximum Gasteiger partial charge on any atom is 0.409 e. The molecule has 1 aliphatic rings. The lowest BCUT2D eigenvalue weighted by Gasteiger charge is -2.03. The van der Waals surface area contributed by atoms with E-state index in [4.69, 9.17) is 5.11 Å². The molecular weight excluding hydrogens is 230 g/mol. The lowest BCUT2D eigenvalue weighted by atomic mass is 10.1. The topological polar surface area (TPSA) is 66.4 Å². The molecule has 0 aliphatic heterocycles. The van der Waals surface area contributed by atoms with Crippen molar-refractivity contribution in [3.05, 3.63) is 53.6 Å². The first kappa shape index (κ1) is 10.5. The molecule has 1 amide bonds. The smallest absolute Gasteiger partial charge is 0.409 e. The molecule has 0 unspecified atom stereocenters. The molecule has 4 heteroatoms. The molecular formula is C14H9NO3. The third kappa shape index (κ3) is 1.47. The van der Waals surface area contributed by atoms with Crippen LogP contribution in [-0.2, 0) is 0 Å². The molecule has 2 aromatic carbocycles. The van der Waals surface area contributed by atoms with Crippen LogP contribution >= 0.6 is 0 Å². The second kappa shape index (κ2) is 3.70. The zero-order valence-corrected chi connectivity index (χ0v) is 9.31. The number of hydrogen-bond acceptors (Lipinski definition) is 2. The number of amides is 1. The number of nitrogens with one attached hydrogen (secondary N) is 1. The molecule has 0 radical (unpaired) electrons. The van der Waals surface area contributed by atoms with Gasteiger partial charge in [-0.1, -0.05) is 30.3 Å². The number of fused-ring (bicyclic) bond motifs is 3. The van der Waals surface area contributed by atoms with E-state index in [0.29, 0.717) is 16.8 Å². The predicted molar refractivity (Wildman–Crippen MR) is 67.0 cm³/mol. The molecule has 0 atom stereocenters. The molecule has 4 nitrogen and oxygen atoms in total. The van der Waals surface area contributed by atoms with Gasteiger partial charge in [0.05, 0.1) is 0 Å². The van der Waals surface area contributed by atoms with Crippen LogP contribution in [0.15, 0.2) is 42.5 Å². The Morgan fingerprint density at radius 3 is 2.33 bits per heavy atom. The molecule has 3 rings (SSSR count). The van der Waals surface area contributed by atoms with Gasteiger partial charge in [0.2, 0.25) is 0 Å². The largest absolute Gasteiger partial charge is 0.465 e. The van der Waals surface area contributed by atoms with Crippen molar-refractivity contribution in [2.45, 2.75) is 0 Å². The van der Waals surface area contributed by atoms with E-state index in [1.165, 1.54) is 0 Å². The molecule has 0 bridgehead atoms. The van der Waals surface area contributed by atoms with Gasteiger partial charge in [-0.2, -0.15) is 0 Å². The van der Waals surface area contributed by atoms with E-state index in [-0.39, 0.29) is 5.78 Å². The summed E-state index contributed by atoms with van der Waals surface area (Å²) in [4.78, 5) is 22.7. The van der Waals surface area contributed by atoms with Crippen LogP contribution in [0.2, 0.25) is 0 Å². The maximum absolute atomic E-state index is 12.2. The highest BCUT2D eigenvalue weighted by Crippen LogP contribution is 2.37. The Labute approximate surface area is 103 Å². The minimum atomic E-state index is -1.14. The van der Waals surface area contributed by atoms with Gasteiger partial charge in [0, 0.05) is 16.8 Å². The maximum atomic E-state index is 12.2. The number of hydrogen-bond donors (Lipinski definition) is 2. The second-order valence-corrected chi connectivity index (χ2v) is 4.07. The van der Waals surface area contributed by atoms with Crippen LogP contribution in [0.4, 0.5) is 10.5 Å². The molecule has 88 valence electrons. The Morgan fingerprint density at radius 2 is 1.61 bits per heavy atom. The average Bonchev–Trinajstić information content (AvgIpc) is 2.63. The molecule has 2 aromatic rings. The molecule has 0 aromatic heterocycles. The Hall–Kier alpha value is -2.62. The Kier molecular flexibility index (Phi) is 2.16. The van der Waals surface area contributed by atoms with Gasteiger partial charge >= 0.3 is 6.09 Å².